The van der Waals surface area contributed by atoms with Crippen LogP contribution in [0.2, 0.25) is 0 Å². The van der Waals surface area contributed by atoms with E-state index < -0.39 is 55.4 Å². The smallest absolute Gasteiger partial charge is 0.299 e. The Bertz CT molecular complexity index is 1260. The number of hydrogen-bond donors (Lipinski definition) is 12. The van der Waals surface area contributed by atoms with Crippen molar-refractivity contribution in [1.29, 1.82) is 0 Å². The first-order valence-corrected chi connectivity index (χ1v) is 22.3. The third-order valence-corrected chi connectivity index (χ3v) is 7.62. The Morgan fingerprint density at radius 2 is 0.760 bits per heavy atom. The van der Waals surface area contributed by atoms with Gasteiger partial charge in [-0.15, -0.1) is 39.2 Å². The summed E-state index contributed by atoms with van der Waals surface area (Å²) in [5, 5.41) is 0.718. The van der Waals surface area contributed by atoms with E-state index in [2.05, 4.69) is 25.1 Å². The predicted molar refractivity (Wildman–Crippen MR) is 167 cm³/mol. The second-order valence-corrected chi connectivity index (χ2v) is 18.2. The highest BCUT2D eigenvalue weighted by molar-refractivity contribution is 7.64. The summed E-state index contributed by atoms with van der Waals surface area (Å²) in [6.07, 6.45) is 0. The Kier molecular flexibility index (Phi) is 29.4. The molecule has 0 saturated carbocycles. The first-order chi connectivity index (χ1) is 21.4. The van der Waals surface area contributed by atoms with E-state index in [1.165, 1.54) is 0 Å². The van der Waals surface area contributed by atoms with Crippen LogP contribution in [0.15, 0.2) is 24.3 Å². The van der Waals surface area contributed by atoms with Crippen molar-refractivity contribution in [3.8, 4) is 5.19 Å². The third-order valence-electron chi connectivity index (χ3n) is 3.04. The average molecular weight is 913 g/mol. The third kappa shape index (κ3) is 59.8. The molecule has 23 nitrogen and oxygen atoms in total. The molecule has 1 heterocycles. The zero-order valence-corrected chi connectivity index (χ0v) is 32.7. The lowest BCUT2D eigenvalue weighted by atomic mass is 10.3. The summed E-state index contributed by atoms with van der Waals surface area (Å²) in [6, 6.07) is 8.11. The van der Waals surface area contributed by atoms with Crippen molar-refractivity contribution in [3.05, 3.63) is 24.3 Å². The molecule has 0 amide bonds. The molecule has 50 heavy (non-hydrogen) atoms. The lowest BCUT2D eigenvalue weighted by molar-refractivity contribution is 0.320. The molecule has 0 unspecified atom stereocenters. The van der Waals surface area contributed by atoms with Crippen molar-refractivity contribution in [3.63, 3.8) is 0 Å². The van der Waals surface area contributed by atoms with Crippen molar-refractivity contribution < 1.29 is 116 Å². The highest BCUT2D eigenvalue weighted by Gasteiger charge is 2.53. The van der Waals surface area contributed by atoms with Crippen molar-refractivity contribution >= 4 is 76.9 Å². The van der Waals surface area contributed by atoms with Crippen LogP contribution < -0.4 is 4.52 Å². The molecule has 2 rings (SSSR count). The van der Waals surface area contributed by atoms with Crippen molar-refractivity contribution in [2.75, 3.05) is 42.3 Å². The van der Waals surface area contributed by atoms with E-state index in [0.717, 1.165) is 15.4 Å². The fourth-order valence-electron chi connectivity index (χ4n) is 2.31. The van der Waals surface area contributed by atoms with E-state index >= 15 is 0 Å². The van der Waals surface area contributed by atoms with Gasteiger partial charge in [-0.2, -0.15) is 4.98 Å². The van der Waals surface area contributed by atoms with E-state index in [0.29, 0.717) is 0 Å². The first-order valence-electron chi connectivity index (χ1n) is 10.9. The quantitative estimate of drug-likeness (QED) is 0.151. The normalized spacial score (nSPS) is 12.2. The molecule has 37 heteroatoms. The summed E-state index contributed by atoms with van der Waals surface area (Å²) < 4.78 is 128. The second-order valence-electron chi connectivity index (χ2n) is 7.93. The molecule has 302 valence electrons. The number of benzene rings is 1. The van der Waals surface area contributed by atoms with Crippen LogP contribution in [0.1, 0.15) is 0 Å². The summed E-state index contributed by atoms with van der Waals surface area (Å²) in [7, 11) is -20.6. The molecule has 0 saturated heterocycles. The maximum absolute atomic E-state index is 10.4. The Balaban J connectivity index is -0.000000185. The van der Waals surface area contributed by atoms with Gasteiger partial charge in [-0.05, 0) is 12.1 Å². The summed E-state index contributed by atoms with van der Waals surface area (Å²) in [5.74, 6) is 0. The van der Waals surface area contributed by atoms with Gasteiger partial charge in [0.1, 0.15) is 0 Å². The predicted octanol–water partition coefficient (Wildman–Crippen LogP) is 3.33. The Morgan fingerprint density at radius 3 is 0.960 bits per heavy atom. The largest absolute Gasteiger partial charge is 0.507 e. The van der Waals surface area contributed by atoms with Crippen molar-refractivity contribution in [2.24, 2.45) is 0 Å². The highest BCUT2D eigenvalue weighted by Crippen LogP contribution is 2.64. The first kappa shape index (κ1) is 59.0. The Morgan fingerprint density at radius 1 is 0.540 bits per heavy atom. The molecule has 2 aromatic rings. The van der Waals surface area contributed by atoms with Crippen LogP contribution in [0.5, 0.6) is 5.19 Å². The van der Waals surface area contributed by atoms with Crippen molar-refractivity contribution in [2.45, 2.75) is 0 Å². The lowest BCUT2D eigenvalue weighted by Gasteiger charge is -2.35. The number of aromatic nitrogens is 1. The zero-order valence-electron chi connectivity index (χ0n) is 25.6. The molecule has 12 N–H and O–H groups in total. The fourth-order valence-corrected chi connectivity index (χ4v) is 6.35. The van der Waals surface area contributed by atoms with E-state index in [4.69, 9.17) is 90.6 Å². The van der Waals surface area contributed by atoms with E-state index in [-0.39, 0.29) is 0 Å². The molecule has 0 aliphatic heterocycles. The maximum Gasteiger partial charge on any atom is 0.507 e. The number of para-hydroxylation sites is 1. The average Bonchev–Trinajstić information content (AvgIpc) is 3.12. The molecular weight excluding hydrogens is 879 g/mol. The van der Waals surface area contributed by atoms with Gasteiger partial charge in [-0.3, -0.25) is 63.2 Å². The van der Waals surface area contributed by atoms with Gasteiger partial charge in [0.15, 0.2) is 0 Å². The minimum Gasteiger partial charge on any atom is -0.299 e. The maximum atomic E-state index is 10.4. The van der Waals surface area contributed by atoms with E-state index in [9.17, 15) is 25.2 Å². The summed E-state index contributed by atoms with van der Waals surface area (Å²) >= 11 is 1.59. The molecule has 0 spiro atoms. The molecule has 1 aromatic heterocycles. The van der Waals surface area contributed by atoms with Crippen LogP contribution in [0, 0.1) is 0 Å². The minimum atomic E-state index is -5.14. The van der Waals surface area contributed by atoms with Gasteiger partial charge in [0, 0.05) is 42.3 Å². The summed E-state index contributed by atoms with van der Waals surface area (Å²) in [5.41, 5.74) is 0.988. The molecule has 1 aromatic carbocycles. The lowest BCUT2D eigenvalue weighted by Crippen LogP contribution is -2.39. The van der Waals surface area contributed by atoms with Gasteiger partial charge in [-0.25, -0.2) is 27.4 Å². The second kappa shape index (κ2) is 24.9. The van der Waals surface area contributed by atoms with E-state index in [1.54, 1.807) is 11.3 Å². The number of halogens is 6. The standard InChI is InChI=1S/C13H22N4OPS.6FH2O3P/c1-15(2)19(16(3)4,17(5)6)18-13-14-11-9-7-8-10-12(11)20-13;6*1-5(2,3)4/h7-10H,1-6H3;6*(H2,2,3,4)/q+1;;;;;;. The van der Waals surface area contributed by atoms with Gasteiger partial charge < -0.3 is 0 Å². The molecule has 0 radical (unpaired) electrons. The van der Waals surface area contributed by atoms with Crippen LogP contribution >= 0.6 is 66.7 Å². The topological polar surface area (TPSA) is 377 Å². The van der Waals surface area contributed by atoms with Crippen LogP contribution in [0.4, 0.5) is 25.2 Å². The Hall–Kier alpha value is -0.300. The van der Waals surface area contributed by atoms with Crippen molar-refractivity contribution in [1.82, 2.24) is 19.0 Å². The molecular formula is C13H34F6N4O19P7S+. The molecule has 0 bridgehead atoms. The van der Waals surface area contributed by atoms with Gasteiger partial charge >= 0.3 is 60.6 Å². The number of hydrogen-bond acceptors (Lipinski definition) is 12. The monoisotopic (exact) mass is 913 g/mol. The molecule has 0 atom stereocenters. The van der Waals surface area contributed by atoms with Crippen LogP contribution in [0.3, 0.4) is 0 Å². The molecule has 0 fully saturated rings. The van der Waals surface area contributed by atoms with Gasteiger partial charge in [0.05, 0.1) is 10.2 Å². The molecule has 0 aliphatic rings. The number of thiazole rings is 1. The summed E-state index contributed by atoms with van der Waals surface area (Å²) in [4.78, 5) is 88.2. The number of nitrogens with zero attached hydrogens (tertiary/aromatic N) is 4. The van der Waals surface area contributed by atoms with Crippen LogP contribution in [0.25, 0.3) is 10.2 Å². The van der Waals surface area contributed by atoms with E-state index in [1.807, 2.05) is 60.5 Å². The number of fused-ring (bicyclic) bond motifs is 1. The summed E-state index contributed by atoms with van der Waals surface area (Å²) in [6.45, 7) is 0. The Labute approximate surface area is 283 Å². The minimum absolute atomic E-state index is 0.718. The zero-order chi connectivity index (χ0) is 41.9. The van der Waals surface area contributed by atoms with Crippen LogP contribution in [-0.2, 0) is 27.4 Å². The fraction of sp³-hybridized carbons (Fsp3) is 0.462. The highest BCUT2D eigenvalue weighted by atomic mass is 32.1. The van der Waals surface area contributed by atoms with Gasteiger partial charge in [-0.1, -0.05) is 23.5 Å². The van der Waals surface area contributed by atoms with Crippen LogP contribution in [-0.4, -0.2) is 120 Å². The van der Waals surface area contributed by atoms with Gasteiger partial charge in [0.2, 0.25) is 0 Å². The SMILES string of the molecule is CN(C)[P+](Oc1nc2ccccc2s1)(N(C)C)N(C)C.O=P(O)(O)F.O=P(O)(O)F.O=P(O)(O)F.O=P(O)(O)F.O=P(O)(O)F.O=P(O)(O)F. The molecule has 0 aliphatic carbocycles. The van der Waals surface area contributed by atoms with Gasteiger partial charge in [0.25, 0.3) is 0 Å². The number of rotatable bonds is 5.